The van der Waals surface area contributed by atoms with Crippen molar-refractivity contribution in [3.8, 4) is 0 Å². The number of benzene rings is 2. The fraction of sp³-hybridized carbons (Fsp3) is 0.217. The van der Waals surface area contributed by atoms with Crippen LogP contribution in [0.4, 0.5) is 17.1 Å². The maximum Gasteiger partial charge on any atom is 0.271 e. The van der Waals surface area contributed by atoms with E-state index in [-0.39, 0.29) is 11.4 Å². The van der Waals surface area contributed by atoms with Crippen LogP contribution in [0, 0.1) is 28.9 Å². The molecule has 1 N–H and O–H groups in total. The number of rotatable bonds is 4. The van der Waals surface area contributed by atoms with Gasteiger partial charge in [-0.3, -0.25) is 29.5 Å². The normalized spacial score (nSPS) is 24.9. The zero-order valence-corrected chi connectivity index (χ0v) is 18.5. The fourth-order valence-corrected chi connectivity index (χ4v) is 4.90. The van der Waals surface area contributed by atoms with E-state index in [9.17, 15) is 24.5 Å². The lowest BCUT2D eigenvalue weighted by Gasteiger charge is -2.30. The van der Waals surface area contributed by atoms with E-state index in [2.05, 4.69) is 10.4 Å². The van der Waals surface area contributed by atoms with Gasteiger partial charge in [-0.05, 0) is 42.8 Å². The number of anilines is 2. The predicted molar refractivity (Wildman–Crippen MR) is 124 cm³/mol. The summed E-state index contributed by atoms with van der Waals surface area (Å²) in [6.07, 6.45) is 4.89. The standard InChI is InChI=1S/C23H18ClN5O5/c1-12-4-9-15(29(33)34)11-17(12)27-22(31)18-16-3-2-10-25-28(16)20(19(18)23(27)32)21(30)26-14-7-5-13(24)6-8-14/h2-11,16,18-20H,1H3,(H,26,30)/t16-,18-,19+,20-/m0/s1. The van der Waals surface area contributed by atoms with Crippen LogP contribution in [0.25, 0.3) is 0 Å². The van der Waals surface area contributed by atoms with Crippen molar-refractivity contribution in [1.82, 2.24) is 5.01 Å². The molecule has 3 aliphatic rings. The molecule has 4 atom stereocenters. The molecule has 10 nitrogen and oxygen atoms in total. The number of carbonyl (C=O) groups excluding carboxylic acids is 3. The molecule has 0 aromatic heterocycles. The van der Waals surface area contributed by atoms with Gasteiger partial charge in [-0.2, -0.15) is 5.10 Å². The van der Waals surface area contributed by atoms with E-state index in [0.29, 0.717) is 16.3 Å². The Labute approximate surface area is 198 Å². The van der Waals surface area contributed by atoms with Crippen molar-refractivity contribution in [3.63, 3.8) is 0 Å². The van der Waals surface area contributed by atoms with Gasteiger partial charge in [0.05, 0.1) is 28.5 Å². The first-order valence-corrected chi connectivity index (χ1v) is 10.8. The Hall–Kier alpha value is -4.05. The second-order valence-corrected chi connectivity index (χ2v) is 8.69. The van der Waals surface area contributed by atoms with Gasteiger partial charge in [-0.25, -0.2) is 4.90 Å². The number of imide groups is 1. The Morgan fingerprint density at radius 2 is 1.82 bits per heavy atom. The molecular formula is C23H18ClN5O5. The minimum atomic E-state index is -1.05. The molecule has 0 saturated carbocycles. The molecule has 11 heteroatoms. The maximum atomic E-state index is 13.6. The van der Waals surface area contributed by atoms with Crippen LogP contribution in [0.1, 0.15) is 5.56 Å². The molecule has 3 amide bonds. The lowest BCUT2D eigenvalue weighted by Crippen LogP contribution is -2.47. The Kier molecular flexibility index (Phi) is 5.17. The molecule has 3 heterocycles. The van der Waals surface area contributed by atoms with E-state index >= 15 is 0 Å². The van der Waals surface area contributed by atoms with E-state index in [1.807, 2.05) is 0 Å². The van der Waals surface area contributed by atoms with Crippen molar-refractivity contribution in [2.24, 2.45) is 16.9 Å². The SMILES string of the molecule is Cc1ccc([N+](=O)[O-])cc1N1C(=O)[C@@H]2[C@@H](C1=O)[C@@H]1C=CC=NN1[C@@H]2C(=O)Nc1ccc(Cl)cc1. The molecule has 0 aliphatic carbocycles. The number of fused-ring (bicyclic) bond motifs is 3. The smallest absolute Gasteiger partial charge is 0.271 e. The van der Waals surface area contributed by atoms with Crippen molar-refractivity contribution in [3.05, 3.63) is 75.3 Å². The van der Waals surface area contributed by atoms with Gasteiger partial charge in [-0.15, -0.1) is 0 Å². The minimum Gasteiger partial charge on any atom is -0.324 e. The molecule has 2 fully saturated rings. The molecule has 0 unspecified atom stereocenters. The van der Waals surface area contributed by atoms with Crippen LogP contribution in [0.5, 0.6) is 0 Å². The van der Waals surface area contributed by atoms with E-state index in [0.717, 1.165) is 4.90 Å². The summed E-state index contributed by atoms with van der Waals surface area (Å²) in [7, 11) is 0. The van der Waals surface area contributed by atoms with Gasteiger partial charge in [0, 0.05) is 29.1 Å². The third-order valence-corrected chi connectivity index (χ3v) is 6.57. The first-order valence-electron chi connectivity index (χ1n) is 10.5. The number of carbonyl (C=O) groups is 3. The number of aryl methyl sites for hydroxylation is 1. The predicted octanol–water partition coefficient (Wildman–Crippen LogP) is 2.91. The number of hydrazone groups is 1. The highest BCUT2D eigenvalue weighted by Gasteiger charge is 2.64. The van der Waals surface area contributed by atoms with Crippen LogP contribution >= 0.6 is 11.6 Å². The average Bonchev–Trinajstić information content (AvgIpc) is 3.28. The van der Waals surface area contributed by atoms with Gasteiger partial charge in [-0.1, -0.05) is 23.7 Å². The summed E-state index contributed by atoms with van der Waals surface area (Å²) in [6, 6.07) is 8.86. The lowest BCUT2D eigenvalue weighted by atomic mass is 9.88. The minimum absolute atomic E-state index is 0.144. The first kappa shape index (κ1) is 21.8. The fourth-order valence-electron chi connectivity index (χ4n) is 4.78. The van der Waals surface area contributed by atoms with Crippen molar-refractivity contribution in [2.45, 2.75) is 19.0 Å². The summed E-state index contributed by atoms with van der Waals surface area (Å²) in [5.41, 5.74) is 0.918. The number of hydrogen-bond donors (Lipinski definition) is 1. The molecule has 34 heavy (non-hydrogen) atoms. The summed E-state index contributed by atoms with van der Waals surface area (Å²) >= 11 is 5.91. The van der Waals surface area contributed by atoms with Crippen LogP contribution in [-0.2, 0) is 14.4 Å². The zero-order chi connectivity index (χ0) is 24.1. The third-order valence-electron chi connectivity index (χ3n) is 6.32. The largest absolute Gasteiger partial charge is 0.324 e. The summed E-state index contributed by atoms with van der Waals surface area (Å²) < 4.78 is 0. The van der Waals surface area contributed by atoms with Crippen LogP contribution in [-0.4, -0.2) is 46.0 Å². The number of nitrogens with zero attached hydrogens (tertiary/aromatic N) is 4. The van der Waals surface area contributed by atoms with Crippen molar-refractivity contribution in [1.29, 1.82) is 0 Å². The van der Waals surface area contributed by atoms with Gasteiger partial charge < -0.3 is 5.32 Å². The average molecular weight is 480 g/mol. The maximum absolute atomic E-state index is 13.6. The van der Waals surface area contributed by atoms with Gasteiger partial charge in [0.15, 0.2) is 0 Å². The molecule has 0 bridgehead atoms. The summed E-state index contributed by atoms with van der Waals surface area (Å²) in [6.45, 7) is 1.66. The second kappa shape index (κ2) is 8.07. The summed E-state index contributed by atoms with van der Waals surface area (Å²) in [5.74, 6) is -3.47. The molecule has 0 radical (unpaired) electrons. The quantitative estimate of drug-likeness (QED) is 0.408. The van der Waals surface area contributed by atoms with Gasteiger partial charge in [0.1, 0.15) is 6.04 Å². The van der Waals surface area contributed by atoms with Crippen LogP contribution in [0.15, 0.2) is 59.7 Å². The number of non-ortho nitro benzene ring substituents is 1. The van der Waals surface area contributed by atoms with E-state index < -0.39 is 46.6 Å². The second-order valence-electron chi connectivity index (χ2n) is 8.25. The molecule has 5 rings (SSSR count). The molecule has 2 saturated heterocycles. The van der Waals surface area contributed by atoms with Gasteiger partial charge >= 0.3 is 0 Å². The first-order chi connectivity index (χ1) is 16.3. The number of amides is 3. The van der Waals surface area contributed by atoms with Crippen molar-refractivity contribution >= 4 is 52.6 Å². The van der Waals surface area contributed by atoms with Crippen molar-refractivity contribution in [2.75, 3.05) is 10.2 Å². The van der Waals surface area contributed by atoms with Crippen molar-refractivity contribution < 1.29 is 19.3 Å². The Balaban J connectivity index is 1.53. The molecule has 2 aromatic rings. The number of nitrogens with one attached hydrogen (secondary N) is 1. The number of halogens is 1. The topological polar surface area (TPSA) is 125 Å². The Morgan fingerprint density at radius 3 is 2.53 bits per heavy atom. The Morgan fingerprint density at radius 1 is 1.12 bits per heavy atom. The monoisotopic (exact) mass is 479 g/mol. The molecule has 0 spiro atoms. The van der Waals surface area contributed by atoms with Gasteiger partial charge in [0.25, 0.3) is 5.69 Å². The number of hydrogen-bond acceptors (Lipinski definition) is 7. The third kappa shape index (κ3) is 3.34. The van der Waals surface area contributed by atoms with Crippen LogP contribution in [0.2, 0.25) is 5.02 Å². The zero-order valence-electron chi connectivity index (χ0n) is 17.8. The van der Waals surface area contributed by atoms with Crippen LogP contribution < -0.4 is 10.2 Å². The van der Waals surface area contributed by atoms with E-state index in [1.54, 1.807) is 43.3 Å². The van der Waals surface area contributed by atoms with Crippen LogP contribution in [0.3, 0.4) is 0 Å². The highest BCUT2D eigenvalue weighted by atomic mass is 35.5. The molecule has 2 aromatic carbocycles. The van der Waals surface area contributed by atoms with E-state index in [4.69, 9.17) is 11.6 Å². The molecule has 172 valence electrons. The summed E-state index contributed by atoms with van der Waals surface area (Å²) in [4.78, 5) is 52.2. The molecular weight excluding hydrogens is 462 g/mol. The number of nitro groups is 1. The summed E-state index contributed by atoms with van der Waals surface area (Å²) in [5, 5.41) is 20.3. The van der Waals surface area contributed by atoms with E-state index in [1.165, 1.54) is 29.4 Å². The highest BCUT2D eigenvalue weighted by Crippen LogP contribution is 2.46. The highest BCUT2D eigenvalue weighted by molar-refractivity contribution is 6.30. The lowest BCUT2D eigenvalue weighted by molar-refractivity contribution is -0.384. The van der Waals surface area contributed by atoms with Gasteiger partial charge in [0.2, 0.25) is 17.7 Å². The number of allylic oxidation sites excluding steroid dienone is 1. The number of nitro benzene ring substituents is 1. The Bertz CT molecular complexity index is 1290. The molecule has 3 aliphatic heterocycles.